The van der Waals surface area contributed by atoms with Crippen LogP contribution in [0.4, 0.5) is 5.69 Å². The highest BCUT2D eigenvalue weighted by Crippen LogP contribution is 2.43. The van der Waals surface area contributed by atoms with Gasteiger partial charge in [-0.3, -0.25) is 0 Å². The van der Waals surface area contributed by atoms with Gasteiger partial charge in [0.15, 0.2) is 5.75 Å². The van der Waals surface area contributed by atoms with Crippen LogP contribution in [0.2, 0.25) is 0 Å². The number of fused-ring (bicyclic) bond motifs is 4. The number of furan rings is 1. The van der Waals surface area contributed by atoms with Gasteiger partial charge in [-0.2, -0.15) is 4.57 Å². The van der Waals surface area contributed by atoms with Crippen molar-refractivity contribution in [2.24, 2.45) is 5.41 Å². The Kier molecular flexibility index (Phi) is 5.56. The standard InChI is InChI=1S/C31H33N2O2S/c1-6-32-24-14-20(3)8-9-26(24)35-28(32)16-21-15-22(19-31(4,5)18-21)17-29-33(7-2)30-23-12-13-34-25(23)10-11-27(30)36-29/h8-17H,6-7,18-19H2,1-5H3/q+1. The predicted octanol–water partition coefficient (Wildman–Crippen LogP) is 8.15. The van der Waals surface area contributed by atoms with Crippen LogP contribution in [0.5, 0.6) is 5.75 Å². The molecule has 4 nitrogen and oxygen atoms in total. The number of thiazole rings is 1. The lowest BCUT2D eigenvalue weighted by atomic mass is 9.75. The number of hydrogen-bond acceptors (Lipinski definition) is 4. The van der Waals surface area contributed by atoms with Crippen LogP contribution < -0.4 is 14.2 Å². The molecular formula is C31H33N2O2S+. The van der Waals surface area contributed by atoms with Gasteiger partial charge in [-0.1, -0.05) is 37.3 Å². The van der Waals surface area contributed by atoms with Gasteiger partial charge >= 0.3 is 0 Å². The van der Waals surface area contributed by atoms with Crippen LogP contribution in [0.3, 0.4) is 0 Å². The molecule has 0 fully saturated rings. The highest BCUT2D eigenvalue weighted by molar-refractivity contribution is 7.19. The summed E-state index contributed by atoms with van der Waals surface area (Å²) >= 11 is 1.86. The largest absolute Gasteiger partial charge is 0.464 e. The van der Waals surface area contributed by atoms with Crippen LogP contribution in [-0.4, -0.2) is 6.54 Å². The maximum Gasteiger partial charge on any atom is 0.263 e. The summed E-state index contributed by atoms with van der Waals surface area (Å²) in [6.45, 7) is 13.1. The van der Waals surface area contributed by atoms with Crippen LogP contribution in [0.15, 0.2) is 76.3 Å². The van der Waals surface area contributed by atoms with E-state index in [9.17, 15) is 0 Å². The number of hydrogen-bond donors (Lipinski definition) is 0. The smallest absolute Gasteiger partial charge is 0.263 e. The summed E-state index contributed by atoms with van der Waals surface area (Å²) in [5, 5.41) is 2.47. The third-order valence-electron chi connectivity index (χ3n) is 7.19. The van der Waals surface area contributed by atoms with E-state index in [-0.39, 0.29) is 5.41 Å². The molecule has 2 aromatic heterocycles. The molecule has 184 valence electrons. The second kappa shape index (κ2) is 8.67. The van der Waals surface area contributed by atoms with Crippen LogP contribution in [0.1, 0.15) is 51.1 Å². The van der Waals surface area contributed by atoms with Gasteiger partial charge in [-0.25, -0.2) is 0 Å². The van der Waals surface area contributed by atoms with Crippen molar-refractivity contribution >= 4 is 44.3 Å². The normalized spacial score (nSPS) is 19.4. The molecule has 2 aliphatic rings. The van der Waals surface area contributed by atoms with Crippen molar-refractivity contribution in [2.75, 3.05) is 11.4 Å². The molecule has 0 radical (unpaired) electrons. The Morgan fingerprint density at radius 3 is 2.75 bits per heavy atom. The number of allylic oxidation sites excluding steroid dienone is 4. The molecule has 0 atom stereocenters. The number of rotatable bonds is 4. The first-order chi connectivity index (χ1) is 17.3. The average Bonchev–Trinajstić information content (AvgIpc) is 3.51. The number of anilines is 1. The van der Waals surface area contributed by atoms with Crippen molar-refractivity contribution in [1.29, 1.82) is 0 Å². The zero-order valence-corrected chi connectivity index (χ0v) is 22.5. The maximum atomic E-state index is 6.32. The van der Waals surface area contributed by atoms with E-state index in [1.54, 1.807) is 6.26 Å². The lowest BCUT2D eigenvalue weighted by Gasteiger charge is -2.30. The quantitative estimate of drug-likeness (QED) is 0.266. The molecule has 0 bridgehead atoms. The van der Waals surface area contributed by atoms with E-state index in [0.29, 0.717) is 0 Å². The first kappa shape index (κ1) is 23.1. The molecule has 0 saturated heterocycles. The topological polar surface area (TPSA) is 29.5 Å². The first-order valence-corrected chi connectivity index (χ1v) is 13.7. The molecule has 0 unspecified atom stereocenters. The van der Waals surface area contributed by atoms with E-state index < -0.39 is 0 Å². The number of aromatic nitrogens is 1. The molecule has 6 rings (SSSR count). The minimum Gasteiger partial charge on any atom is -0.464 e. The zero-order chi connectivity index (χ0) is 25.0. The van der Waals surface area contributed by atoms with Gasteiger partial charge in [-0.05, 0) is 86.1 Å². The molecule has 1 aliphatic heterocycles. The highest BCUT2D eigenvalue weighted by Gasteiger charge is 2.30. The van der Waals surface area contributed by atoms with Crippen LogP contribution in [0, 0.1) is 12.3 Å². The average molecular weight is 498 g/mol. The van der Waals surface area contributed by atoms with Crippen molar-refractivity contribution in [3.8, 4) is 5.75 Å². The summed E-state index contributed by atoms with van der Waals surface area (Å²) in [5.41, 5.74) is 7.49. The highest BCUT2D eigenvalue weighted by atomic mass is 32.1. The first-order valence-electron chi connectivity index (χ1n) is 12.9. The van der Waals surface area contributed by atoms with Gasteiger partial charge < -0.3 is 14.1 Å². The summed E-state index contributed by atoms with van der Waals surface area (Å²) in [4.78, 5) is 2.28. The monoisotopic (exact) mass is 497 g/mol. The zero-order valence-electron chi connectivity index (χ0n) is 21.7. The fourth-order valence-electron chi connectivity index (χ4n) is 5.72. The van der Waals surface area contributed by atoms with E-state index in [0.717, 1.165) is 48.8 Å². The Bertz CT molecular complexity index is 1580. The molecule has 2 aromatic carbocycles. The van der Waals surface area contributed by atoms with Gasteiger partial charge in [0.1, 0.15) is 16.8 Å². The van der Waals surface area contributed by atoms with Crippen LogP contribution in [0.25, 0.3) is 27.3 Å². The third-order valence-corrected chi connectivity index (χ3v) is 8.29. The van der Waals surface area contributed by atoms with Crippen molar-refractivity contribution < 1.29 is 13.7 Å². The molecule has 1 aliphatic carbocycles. The van der Waals surface area contributed by atoms with Gasteiger partial charge in [0.2, 0.25) is 11.4 Å². The Morgan fingerprint density at radius 1 is 1.08 bits per heavy atom. The minimum atomic E-state index is 0.178. The molecule has 0 saturated carbocycles. The Morgan fingerprint density at radius 2 is 1.94 bits per heavy atom. The van der Waals surface area contributed by atoms with Gasteiger partial charge in [-0.15, -0.1) is 0 Å². The summed E-state index contributed by atoms with van der Waals surface area (Å²) in [6.07, 6.45) is 10.9. The van der Waals surface area contributed by atoms with E-state index in [4.69, 9.17) is 9.15 Å². The SMILES string of the molecule is CCN1/C(=C/C2=CC(=C/c3sc4ccc5occc5c4[n+]3CC)/CC(C)(C)C2)Oc2ccc(C)cc21. The van der Waals surface area contributed by atoms with E-state index in [2.05, 4.69) is 98.7 Å². The maximum absolute atomic E-state index is 6.32. The predicted molar refractivity (Wildman–Crippen MR) is 149 cm³/mol. The van der Waals surface area contributed by atoms with Crippen molar-refractivity contribution in [1.82, 2.24) is 0 Å². The van der Waals surface area contributed by atoms with Gasteiger partial charge in [0.25, 0.3) is 5.01 Å². The van der Waals surface area contributed by atoms with Crippen molar-refractivity contribution in [3.05, 3.63) is 82.4 Å². The Labute approximate surface area is 216 Å². The summed E-state index contributed by atoms with van der Waals surface area (Å²) < 4.78 is 15.7. The number of aryl methyl sites for hydroxylation is 2. The van der Waals surface area contributed by atoms with E-state index >= 15 is 0 Å². The van der Waals surface area contributed by atoms with Crippen molar-refractivity contribution in [2.45, 2.75) is 54.0 Å². The minimum absolute atomic E-state index is 0.178. The number of benzene rings is 2. The van der Waals surface area contributed by atoms with Crippen molar-refractivity contribution in [3.63, 3.8) is 0 Å². The fourth-order valence-corrected chi connectivity index (χ4v) is 6.94. The summed E-state index contributed by atoms with van der Waals surface area (Å²) in [6, 6.07) is 12.8. The number of nitrogens with zero attached hydrogens (tertiary/aromatic N) is 2. The third kappa shape index (κ3) is 3.96. The lowest BCUT2D eigenvalue weighted by Crippen LogP contribution is -2.33. The molecule has 0 N–H and O–H groups in total. The summed E-state index contributed by atoms with van der Waals surface area (Å²) in [5.74, 6) is 1.87. The molecular weight excluding hydrogens is 464 g/mol. The van der Waals surface area contributed by atoms with Gasteiger partial charge in [0, 0.05) is 18.7 Å². The summed E-state index contributed by atoms with van der Waals surface area (Å²) in [7, 11) is 0. The second-order valence-electron chi connectivity index (χ2n) is 10.7. The molecule has 4 aromatic rings. The molecule has 3 heterocycles. The second-order valence-corrected chi connectivity index (χ2v) is 11.7. The van der Waals surface area contributed by atoms with Gasteiger partial charge in [0.05, 0.1) is 17.3 Å². The number of ether oxygens (including phenoxy) is 1. The Hall–Kier alpha value is -3.31. The lowest BCUT2D eigenvalue weighted by molar-refractivity contribution is -0.664. The molecule has 0 amide bonds. The van der Waals surface area contributed by atoms with Crippen LogP contribution in [-0.2, 0) is 6.54 Å². The fraction of sp³-hybridized carbons (Fsp3) is 0.323. The van der Waals surface area contributed by atoms with E-state index in [1.165, 1.54) is 37.3 Å². The Balaban J connectivity index is 1.42. The molecule has 0 spiro atoms. The molecule has 36 heavy (non-hydrogen) atoms. The van der Waals surface area contributed by atoms with Crippen LogP contribution >= 0.6 is 11.3 Å². The molecule has 5 heteroatoms. The van der Waals surface area contributed by atoms with E-state index in [1.807, 2.05) is 11.3 Å².